The van der Waals surface area contributed by atoms with Crippen molar-refractivity contribution in [3.05, 3.63) is 54.2 Å². The van der Waals surface area contributed by atoms with Gasteiger partial charge in [0.2, 0.25) is 17.7 Å². The Morgan fingerprint density at radius 2 is 1.57 bits per heavy atom. The van der Waals surface area contributed by atoms with Crippen LogP contribution in [-0.2, 0) is 36.8 Å². The topological polar surface area (TPSA) is 253 Å². The number of aliphatic carboxylic acids is 2. The zero-order valence-electron chi connectivity index (χ0n) is 21.3. The maximum Gasteiger partial charge on any atom is 0.328 e. The third kappa shape index (κ3) is 8.12. The first-order valence-corrected chi connectivity index (χ1v) is 12.3. The van der Waals surface area contributed by atoms with Gasteiger partial charge in [0.1, 0.15) is 18.1 Å². The van der Waals surface area contributed by atoms with Crippen LogP contribution in [0.5, 0.6) is 0 Å². The van der Waals surface area contributed by atoms with Gasteiger partial charge in [0.15, 0.2) is 0 Å². The van der Waals surface area contributed by atoms with Gasteiger partial charge in [-0.15, -0.1) is 0 Å². The minimum atomic E-state index is -1.63. The summed E-state index contributed by atoms with van der Waals surface area (Å²) in [6.07, 6.45) is 3.73. The van der Waals surface area contributed by atoms with Crippen molar-refractivity contribution in [3.63, 3.8) is 0 Å². The number of aliphatic hydroxyl groups excluding tert-OH is 1. The van der Waals surface area contributed by atoms with Crippen LogP contribution in [0.1, 0.15) is 24.1 Å². The summed E-state index contributed by atoms with van der Waals surface area (Å²) in [5.41, 5.74) is 7.91. The van der Waals surface area contributed by atoms with E-state index < -0.39 is 66.9 Å². The Hall–Kier alpha value is -4.76. The molecule has 0 saturated heterocycles. The van der Waals surface area contributed by atoms with E-state index in [1.807, 2.05) is 6.07 Å². The highest BCUT2D eigenvalue weighted by molar-refractivity contribution is 5.95. The number of carbonyl (C=O) groups is 5. The summed E-state index contributed by atoms with van der Waals surface area (Å²) in [6.45, 7) is -0.889. The number of nitrogens with two attached hydrogens (primary N) is 1. The van der Waals surface area contributed by atoms with Crippen molar-refractivity contribution >= 4 is 40.6 Å². The first-order valence-electron chi connectivity index (χ1n) is 12.3. The van der Waals surface area contributed by atoms with E-state index in [1.165, 1.54) is 12.5 Å². The Balaban J connectivity index is 1.81. The maximum absolute atomic E-state index is 13.3. The molecule has 3 aromatic rings. The monoisotopic (exact) mass is 557 g/mol. The molecule has 214 valence electrons. The highest BCUT2D eigenvalue weighted by Crippen LogP contribution is 2.19. The van der Waals surface area contributed by atoms with Crippen LogP contribution in [0, 0.1) is 0 Å². The Morgan fingerprint density at radius 3 is 2.23 bits per heavy atom. The Bertz CT molecular complexity index is 1340. The second-order valence-corrected chi connectivity index (χ2v) is 9.09. The lowest BCUT2D eigenvalue weighted by Crippen LogP contribution is -2.58. The van der Waals surface area contributed by atoms with Crippen molar-refractivity contribution in [2.24, 2.45) is 5.73 Å². The molecule has 0 aliphatic rings. The van der Waals surface area contributed by atoms with E-state index >= 15 is 0 Å². The Labute approximate surface area is 227 Å². The van der Waals surface area contributed by atoms with E-state index in [0.29, 0.717) is 11.3 Å². The number of imidazole rings is 1. The summed E-state index contributed by atoms with van der Waals surface area (Å²) in [7, 11) is 0. The predicted octanol–water partition coefficient (Wildman–Crippen LogP) is -1.60. The number of nitrogens with one attached hydrogen (secondary N) is 5. The molecule has 2 aromatic heterocycles. The fourth-order valence-electron chi connectivity index (χ4n) is 4.00. The van der Waals surface area contributed by atoms with Crippen LogP contribution in [0.25, 0.3) is 10.9 Å². The number of carboxylic acids is 2. The van der Waals surface area contributed by atoms with Gasteiger partial charge in [-0.05, 0) is 18.1 Å². The SMILES string of the molecule is NC(Cc1cnc[nH]1)C(=O)NC(CCC(=O)O)C(=O)NC(Cc1c[nH]c2ccccc12)C(=O)NC(CO)C(=O)O. The van der Waals surface area contributed by atoms with E-state index in [-0.39, 0.29) is 19.3 Å². The number of benzene rings is 1. The summed E-state index contributed by atoms with van der Waals surface area (Å²) in [5, 5.41) is 35.6. The van der Waals surface area contributed by atoms with Crippen molar-refractivity contribution in [2.75, 3.05) is 6.61 Å². The second-order valence-electron chi connectivity index (χ2n) is 9.09. The zero-order valence-corrected chi connectivity index (χ0v) is 21.3. The first-order chi connectivity index (χ1) is 19.1. The number of aliphatic hydroxyl groups is 1. The third-order valence-corrected chi connectivity index (χ3v) is 6.14. The van der Waals surface area contributed by atoms with Crippen molar-refractivity contribution in [1.29, 1.82) is 0 Å². The van der Waals surface area contributed by atoms with Gasteiger partial charge in [-0.3, -0.25) is 19.2 Å². The molecule has 0 spiro atoms. The molecular weight excluding hydrogens is 526 g/mol. The summed E-state index contributed by atoms with van der Waals surface area (Å²) in [5.74, 6) is -5.21. The number of amides is 3. The van der Waals surface area contributed by atoms with E-state index in [0.717, 1.165) is 10.9 Å². The number of fused-ring (bicyclic) bond motifs is 1. The second kappa shape index (κ2) is 13.9. The first kappa shape index (κ1) is 29.8. The molecule has 0 radical (unpaired) electrons. The number of para-hydroxylation sites is 1. The summed E-state index contributed by atoms with van der Waals surface area (Å²) >= 11 is 0. The third-order valence-electron chi connectivity index (χ3n) is 6.14. The minimum absolute atomic E-state index is 0.0719. The van der Waals surface area contributed by atoms with E-state index in [9.17, 15) is 34.2 Å². The molecule has 2 heterocycles. The maximum atomic E-state index is 13.3. The van der Waals surface area contributed by atoms with Crippen molar-refractivity contribution in [2.45, 2.75) is 49.9 Å². The number of aromatic amines is 2. The number of aromatic nitrogens is 3. The quantitative estimate of drug-likeness (QED) is 0.103. The molecule has 15 heteroatoms. The number of carbonyl (C=O) groups excluding carboxylic acids is 3. The van der Waals surface area contributed by atoms with Gasteiger partial charge in [0.05, 0.1) is 19.0 Å². The van der Waals surface area contributed by atoms with Crippen LogP contribution in [0.2, 0.25) is 0 Å². The van der Waals surface area contributed by atoms with Crippen LogP contribution in [0.3, 0.4) is 0 Å². The average Bonchev–Trinajstić information content (AvgIpc) is 3.58. The van der Waals surface area contributed by atoms with Gasteiger partial charge in [-0.1, -0.05) is 18.2 Å². The van der Waals surface area contributed by atoms with E-state index in [2.05, 4.69) is 30.9 Å². The fraction of sp³-hybridized carbons (Fsp3) is 0.360. The molecule has 0 saturated carbocycles. The molecule has 0 bridgehead atoms. The molecule has 0 aliphatic heterocycles. The molecular formula is C25H31N7O8. The normalized spacial score (nSPS) is 14.1. The van der Waals surface area contributed by atoms with Gasteiger partial charge < -0.3 is 47.0 Å². The van der Waals surface area contributed by atoms with Gasteiger partial charge in [-0.25, -0.2) is 9.78 Å². The van der Waals surface area contributed by atoms with Crippen LogP contribution in [0.4, 0.5) is 0 Å². The molecule has 15 nitrogen and oxygen atoms in total. The van der Waals surface area contributed by atoms with Crippen molar-refractivity contribution in [1.82, 2.24) is 30.9 Å². The molecule has 40 heavy (non-hydrogen) atoms. The smallest absolute Gasteiger partial charge is 0.328 e. The van der Waals surface area contributed by atoms with Crippen LogP contribution < -0.4 is 21.7 Å². The van der Waals surface area contributed by atoms with Crippen LogP contribution >= 0.6 is 0 Å². The van der Waals surface area contributed by atoms with Crippen LogP contribution in [-0.4, -0.2) is 90.7 Å². The molecule has 0 aliphatic carbocycles. The van der Waals surface area contributed by atoms with Gasteiger partial charge in [0.25, 0.3) is 0 Å². The Morgan fingerprint density at radius 1 is 0.900 bits per heavy atom. The zero-order chi connectivity index (χ0) is 29.2. The minimum Gasteiger partial charge on any atom is -0.481 e. The standard InChI is InChI=1S/C25H31N7O8/c26-16(8-14-10-27-12-29-14)22(36)30-18(5-6-21(34)35)23(37)31-19(24(38)32-20(11-33)25(39)40)7-13-9-28-17-4-2-1-3-15(13)17/h1-4,9-10,12,16,18-20,28,33H,5-8,11,26H2,(H,27,29)(H,30,36)(H,31,37)(H,32,38)(H,34,35)(H,39,40). The molecule has 10 N–H and O–H groups in total. The summed E-state index contributed by atoms with van der Waals surface area (Å²) < 4.78 is 0. The number of H-pyrrole nitrogens is 2. The molecule has 3 rings (SSSR count). The van der Waals surface area contributed by atoms with Gasteiger partial charge in [0, 0.05) is 48.3 Å². The van der Waals surface area contributed by atoms with Gasteiger partial charge in [-0.2, -0.15) is 0 Å². The Kier molecular flexibility index (Phi) is 10.3. The number of carboxylic acid groups (broad SMARTS) is 2. The number of hydrogen-bond acceptors (Lipinski definition) is 8. The lowest BCUT2D eigenvalue weighted by atomic mass is 10.0. The number of nitrogens with zero attached hydrogens (tertiary/aromatic N) is 1. The molecule has 4 unspecified atom stereocenters. The largest absolute Gasteiger partial charge is 0.481 e. The van der Waals surface area contributed by atoms with Crippen molar-refractivity contribution < 1.29 is 39.3 Å². The lowest BCUT2D eigenvalue weighted by Gasteiger charge is -2.25. The molecule has 0 fully saturated rings. The van der Waals surface area contributed by atoms with Gasteiger partial charge >= 0.3 is 11.9 Å². The summed E-state index contributed by atoms with van der Waals surface area (Å²) in [6, 6.07) is 1.75. The summed E-state index contributed by atoms with van der Waals surface area (Å²) in [4.78, 5) is 71.4. The highest BCUT2D eigenvalue weighted by Gasteiger charge is 2.31. The van der Waals surface area contributed by atoms with E-state index in [4.69, 9.17) is 10.8 Å². The average molecular weight is 558 g/mol. The highest BCUT2D eigenvalue weighted by atomic mass is 16.4. The van der Waals surface area contributed by atoms with Crippen LogP contribution in [0.15, 0.2) is 43.0 Å². The van der Waals surface area contributed by atoms with E-state index in [1.54, 1.807) is 24.4 Å². The molecule has 3 amide bonds. The number of rotatable bonds is 15. The lowest BCUT2D eigenvalue weighted by molar-refractivity contribution is -0.143. The number of hydrogen-bond donors (Lipinski definition) is 9. The molecule has 1 aromatic carbocycles. The fourth-order valence-corrected chi connectivity index (χ4v) is 4.00. The van der Waals surface area contributed by atoms with Crippen molar-refractivity contribution in [3.8, 4) is 0 Å². The molecule has 4 atom stereocenters. The predicted molar refractivity (Wildman–Crippen MR) is 140 cm³/mol.